The lowest BCUT2D eigenvalue weighted by Gasteiger charge is -2.30. The van der Waals surface area contributed by atoms with Crippen molar-refractivity contribution >= 4 is 34.8 Å². The first-order chi connectivity index (χ1) is 15.3. The number of nitro groups is 1. The van der Waals surface area contributed by atoms with Crippen molar-refractivity contribution in [2.24, 2.45) is 0 Å². The zero-order valence-electron chi connectivity index (χ0n) is 16.9. The van der Waals surface area contributed by atoms with Gasteiger partial charge in [-0.3, -0.25) is 10.1 Å². The molecule has 0 atom stereocenters. The number of nitrogens with zero attached hydrogens (tertiary/aromatic N) is 1. The van der Waals surface area contributed by atoms with Gasteiger partial charge in [0, 0.05) is 20.0 Å². The Morgan fingerprint density at radius 2 is 0.906 bits per heavy atom. The van der Waals surface area contributed by atoms with E-state index in [4.69, 9.17) is 49.0 Å². The molecule has 0 fully saturated rings. The van der Waals surface area contributed by atoms with Gasteiger partial charge in [0.05, 0.1) is 19.8 Å². The van der Waals surface area contributed by atoms with Crippen LogP contribution in [0.4, 0.5) is 0 Å². The maximum Gasteiger partial charge on any atom is 0.352 e. The van der Waals surface area contributed by atoms with Crippen LogP contribution in [0.2, 0.25) is 15.1 Å². The van der Waals surface area contributed by atoms with Gasteiger partial charge in [0.2, 0.25) is 0 Å². The molecule has 3 rings (SSSR count). The minimum atomic E-state index is -1.93. The second kappa shape index (κ2) is 11.6. The van der Waals surface area contributed by atoms with Crippen molar-refractivity contribution in [3.63, 3.8) is 0 Å². The lowest BCUT2D eigenvalue weighted by molar-refractivity contribution is -0.561. The Bertz CT molecular complexity index is 891. The molecule has 0 heterocycles. The molecular formula is C23H20Cl3NO5. The van der Waals surface area contributed by atoms with E-state index in [1.807, 2.05) is 0 Å². The van der Waals surface area contributed by atoms with Gasteiger partial charge in [-0.05, 0) is 53.1 Å². The minimum Gasteiger partial charge on any atom is -0.317 e. The third kappa shape index (κ3) is 7.74. The normalized spacial score (nSPS) is 11.5. The van der Waals surface area contributed by atoms with E-state index in [0.717, 1.165) is 16.7 Å². The van der Waals surface area contributed by atoms with Crippen LogP contribution in [0.1, 0.15) is 16.7 Å². The van der Waals surface area contributed by atoms with Crippen molar-refractivity contribution in [3.05, 3.63) is 115 Å². The SMILES string of the molecule is O=[N+]([O-])CC(OCc1ccc(Cl)cc1)(OCc1ccc(Cl)cc1)OCc1ccc(Cl)cc1. The highest BCUT2D eigenvalue weighted by Crippen LogP contribution is 2.24. The highest BCUT2D eigenvalue weighted by molar-refractivity contribution is 6.31. The summed E-state index contributed by atoms with van der Waals surface area (Å²) in [5.41, 5.74) is 2.27. The molecule has 3 aromatic rings. The molecule has 3 aromatic carbocycles. The fourth-order valence-corrected chi connectivity index (χ4v) is 3.12. The number of hydrogen-bond acceptors (Lipinski definition) is 5. The number of hydrogen-bond donors (Lipinski definition) is 0. The summed E-state index contributed by atoms with van der Waals surface area (Å²) in [5.74, 6) is -1.93. The largest absolute Gasteiger partial charge is 0.352 e. The van der Waals surface area contributed by atoms with Crippen molar-refractivity contribution < 1.29 is 19.1 Å². The lowest BCUT2D eigenvalue weighted by Crippen LogP contribution is -2.45. The standard InChI is InChI=1S/C23H20Cl3NO5/c24-20-7-1-17(2-8-20)13-30-23(16-27(28)29,31-14-18-3-9-21(25)10-4-18)32-15-19-5-11-22(26)12-6-19/h1-12H,13-16H2. The summed E-state index contributed by atoms with van der Waals surface area (Å²) >= 11 is 17.8. The van der Waals surface area contributed by atoms with E-state index < -0.39 is 17.4 Å². The van der Waals surface area contributed by atoms with Crippen molar-refractivity contribution in [1.82, 2.24) is 0 Å². The molecule has 0 N–H and O–H groups in total. The molecule has 0 aromatic heterocycles. The number of benzene rings is 3. The second-order valence-electron chi connectivity index (χ2n) is 6.92. The molecule has 0 aliphatic heterocycles. The van der Waals surface area contributed by atoms with Gasteiger partial charge in [-0.25, -0.2) is 0 Å². The summed E-state index contributed by atoms with van der Waals surface area (Å²) in [5, 5.41) is 13.2. The van der Waals surface area contributed by atoms with Crippen LogP contribution in [-0.2, 0) is 34.0 Å². The molecule has 0 saturated heterocycles. The van der Waals surface area contributed by atoms with Crippen LogP contribution in [0, 0.1) is 10.1 Å². The molecule has 0 unspecified atom stereocenters. The van der Waals surface area contributed by atoms with Gasteiger partial charge < -0.3 is 14.2 Å². The van der Waals surface area contributed by atoms with Crippen molar-refractivity contribution in [3.8, 4) is 0 Å². The monoisotopic (exact) mass is 495 g/mol. The summed E-state index contributed by atoms with van der Waals surface area (Å²) in [4.78, 5) is 11.0. The van der Waals surface area contributed by atoms with Crippen molar-refractivity contribution in [2.75, 3.05) is 6.54 Å². The van der Waals surface area contributed by atoms with E-state index >= 15 is 0 Å². The topological polar surface area (TPSA) is 70.8 Å². The third-order valence-corrected chi connectivity index (χ3v) is 5.19. The molecule has 6 nitrogen and oxygen atoms in total. The van der Waals surface area contributed by atoms with Crippen LogP contribution >= 0.6 is 34.8 Å². The zero-order valence-corrected chi connectivity index (χ0v) is 19.1. The lowest BCUT2D eigenvalue weighted by atomic mass is 10.2. The summed E-state index contributed by atoms with van der Waals surface area (Å²) in [7, 11) is 0. The van der Waals surface area contributed by atoms with Crippen LogP contribution < -0.4 is 0 Å². The molecular weight excluding hydrogens is 477 g/mol. The molecule has 0 amide bonds. The van der Waals surface area contributed by atoms with E-state index in [-0.39, 0.29) is 19.8 Å². The van der Waals surface area contributed by atoms with Gasteiger partial charge in [-0.15, -0.1) is 0 Å². The molecule has 0 radical (unpaired) electrons. The smallest absolute Gasteiger partial charge is 0.317 e. The predicted molar refractivity (Wildman–Crippen MR) is 123 cm³/mol. The predicted octanol–water partition coefficient (Wildman–Crippen LogP) is 6.53. The van der Waals surface area contributed by atoms with Crippen molar-refractivity contribution in [1.29, 1.82) is 0 Å². The Hall–Kier alpha value is -2.19. The van der Waals surface area contributed by atoms with Crippen LogP contribution in [0.25, 0.3) is 0 Å². The Balaban J connectivity index is 1.80. The van der Waals surface area contributed by atoms with E-state index in [2.05, 4.69) is 0 Å². The molecule has 0 bridgehead atoms. The van der Waals surface area contributed by atoms with E-state index in [0.29, 0.717) is 15.1 Å². The Kier molecular flexibility index (Phi) is 8.87. The molecule has 9 heteroatoms. The maximum absolute atomic E-state index is 11.5. The van der Waals surface area contributed by atoms with Crippen LogP contribution in [0.5, 0.6) is 0 Å². The average Bonchev–Trinajstić information content (AvgIpc) is 2.77. The highest BCUT2D eigenvalue weighted by atomic mass is 35.5. The van der Waals surface area contributed by atoms with Crippen LogP contribution in [-0.4, -0.2) is 17.4 Å². The fraction of sp³-hybridized carbons (Fsp3) is 0.217. The average molecular weight is 497 g/mol. The fourth-order valence-electron chi connectivity index (χ4n) is 2.74. The summed E-state index contributed by atoms with van der Waals surface area (Å²) < 4.78 is 17.6. The Morgan fingerprint density at radius 1 is 0.625 bits per heavy atom. The van der Waals surface area contributed by atoms with Crippen molar-refractivity contribution in [2.45, 2.75) is 25.8 Å². The molecule has 168 valence electrons. The molecule has 0 saturated carbocycles. The first-order valence-electron chi connectivity index (χ1n) is 9.61. The van der Waals surface area contributed by atoms with Gasteiger partial charge >= 0.3 is 5.97 Å². The molecule has 32 heavy (non-hydrogen) atoms. The third-order valence-electron chi connectivity index (χ3n) is 4.44. The van der Waals surface area contributed by atoms with Gasteiger partial charge in [-0.1, -0.05) is 71.2 Å². The summed E-state index contributed by atoms with van der Waals surface area (Å²) in [6, 6.07) is 20.8. The quantitative estimate of drug-likeness (QED) is 0.171. The maximum atomic E-state index is 11.5. The first-order valence-corrected chi connectivity index (χ1v) is 10.7. The molecule has 0 spiro atoms. The van der Waals surface area contributed by atoms with Gasteiger partial charge in [0.25, 0.3) is 6.54 Å². The Labute approximate surface area is 200 Å². The van der Waals surface area contributed by atoms with Gasteiger partial charge in [0.1, 0.15) is 0 Å². The number of ether oxygens (including phenoxy) is 3. The summed E-state index contributed by atoms with van der Waals surface area (Å²) in [6.07, 6.45) is 0. The van der Waals surface area contributed by atoms with E-state index in [1.54, 1.807) is 72.8 Å². The highest BCUT2D eigenvalue weighted by Gasteiger charge is 2.40. The van der Waals surface area contributed by atoms with Crippen LogP contribution in [0.15, 0.2) is 72.8 Å². The minimum absolute atomic E-state index is 0.0201. The summed E-state index contributed by atoms with van der Waals surface area (Å²) in [6.45, 7) is -0.660. The second-order valence-corrected chi connectivity index (χ2v) is 8.23. The first kappa shape index (κ1) is 24.5. The van der Waals surface area contributed by atoms with Gasteiger partial charge in [0.15, 0.2) is 0 Å². The number of rotatable bonds is 11. The zero-order chi connectivity index (χ0) is 23.0. The van der Waals surface area contributed by atoms with Gasteiger partial charge in [-0.2, -0.15) is 0 Å². The molecule has 0 aliphatic carbocycles. The van der Waals surface area contributed by atoms with E-state index in [9.17, 15) is 10.1 Å². The van der Waals surface area contributed by atoms with Crippen LogP contribution in [0.3, 0.4) is 0 Å². The number of halogens is 3. The van der Waals surface area contributed by atoms with E-state index in [1.165, 1.54) is 0 Å². The molecule has 0 aliphatic rings. The Morgan fingerprint density at radius 3 is 1.16 bits per heavy atom.